The molecule has 1 aliphatic carbocycles. The summed E-state index contributed by atoms with van der Waals surface area (Å²) in [5.41, 5.74) is 2.86. The van der Waals surface area contributed by atoms with Crippen LogP contribution < -0.4 is 5.32 Å². The average molecular weight is 282 g/mol. The second-order valence-electron chi connectivity index (χ2n) is 6.29. The molecule has 2 heterocycles. The van der Waals surface area contributed by atoms with Crippen molar-refractivity contribution >= 4 is 0 Å². The van der Waals surface area contributed by atoms with Gasteiger partial charge in [-0.3, -0.25) is 0 Å². The minimum absolute atomic E-state index is 0.296. The zero-order chi connectivity index (χ0) is 14.1. The fourth-order valence-electron chi connectivity index (χ4n) is 3.78. The normalized spacial score (nSPS) is 23.0. The highest BCUT2D eigenvalue weighted by atomic mass is 15.3. The average Bonchev–Trinajstić information content (AvgIpc) is 3.05. The highest BCUT2D eigenvalue weighted by molar-refractivity contribution is 5.30. The van der Waals surface area contributed by atoms with Crippen molar-refractivity contribution in [2.75, 3.05) is 0 Å². The van der Waals surface area contributed by atoms with Crippen LogP contribution in [0.1, 0.15) is 61.1 Å². The molecule has 110 valence electrons. The number of rotatable bonds is 2. The lowest BCUT2D eigenvalue weighted by atomic mass is 9.93. The van der Waals surface area contributed by atoms with Crippen LogP contribution in [0, 0.1) is 0 Å². The van der Waals surface area contributed by atoms with Crippen molar-refractivity contribution in [3.05, 3.63) is 47.5 Å². The first-order chi connectivity index (χ1) is 10.4. The molecule has 0 spiro atoms. The number of benzene rings is 1. The number of nitrogens with zero attached hydrogens (tertiary/aromatic N) is 3. The Kier molecular flexibility index (Phi) is 3.47. The summed E-state index contributed by atoms with van der Waals surface area (Å²) < 4.78 is 2.34. The fraction of sp³-hybridized carbons (Fsp3) is 0.529. The molecule has 1 aromatic carbocycles. The zero-order valence-electron chi connectivity index (χ0n) is 12.3. The summed E-state index contributed by atoms with van der Waals surface area (Å²) >= 11 is 0. The zero-order valence-corrected chi connectivity index (χ0v) is 12.3. The standard InChI is InChI=1S/C17H22N4/c1-2-8-15(9-3-1)21-12-19-20-17(21)16-10-13-6-4-5-7-14(13)11-18-16/h4-7,12,15-16,18H,1-3,8-11H2. The molecule has 4 nitrogen and oxygen atoms in total. The second kappa shape index (κ2) is 5.60. The van der Waals surface area contributed by atoms with Crippen LogP contribution in [0.2, 0.25) is 0 Å². The van der Waals surface area contributed by atoms with Crippen molar-refractivity contribution in [1.82, 2.24) is 20.1 Å². The van der Waals surface area contributed by atoms with Crippen molar-refractivity contribution in [2.24, 2.45) is 0 Å². The van der Waals surface area contributed by atoms with Gasteiger partial charge in [0, 0.05) is 12.6 Å². The van der Waals surface area contributed by atoms with E-state index in [4.69, 9.17) is 0 Å². The Hall–Kier alpha value is -1.68. The number of aromatic nitrogens is 3. The fourth-order valence-corrected chi connectivity index (χ4v) is 3.78. The van der Waals surface area contributed by atoms with E-state index in [1.165, 1.54) is 43.2 Å². The van der Waals surface area contributed by atoms with Gasteiger partial charge in [-0.1, -0.05) is 43.5 Å². The van der Waals surface area contributed by atoms with Gasteiger partial charge in [-0.05, 0) is 30.4 Å². The Morgan fingerprint density at radius 1 is 1.05 bits per heavy atom. The van der Waals surface area contributed by atoms with Crippen molar-refractivity contribution in [3.63, 3.8) is 0 Å². The third kappa shape index (κ3) is 2.48. The molecule has 4 heteroatoms. The summed E-state index contributed by atoms with van der Waals surface area (Å²) in [5, 5.41) is 12.3. The van der Waals surface area contributed by atoms with E-state index < -0.39 is 0 Å². The van der Waals surface area contributed by atoms with E-state index in [1.807, 2.05) is 6.33 Å². The summed E-state index contributed by atoms with van der Waals surface area (Å²) in [5.74, 6) is 1.12. The number of fused-ring (bicyclic) bond motifs is 1. The molecule has 21 heavy (non-hydrogen) atoms. The molecule has 0 radical (unpaired) electrons. The molecule has 1 atom stereocenters. The van der Waals surface area contributed by atoms with Gasteiger partial charge in [0.15, 0.2) is 5.82 Å². The monoisotopic (exact) mass is 282 g/mol. The van der Waals surface area contributed by atoms with Crippen LogP contribution in [0.4, 0.5) is 0 Å². The minimum Gasteiger partial charge on any atom is -0.313 e. The molecule has 1 N–H and O–H groups in total. The molecule has 1 fully saturated rings. The Morgan fingerprint density at radius 3 is 2.71 bits per heavy atom. The highest BCUT2D eigenvalue weighted by Gasteiger charge is 2.26. The molecule has 0 bridgehead atoms. The van der Waals surface area contributed by atoms with Crippen LogP contribution in [0.15, 0.2) is 30.6 Å². The summed E-state index contributed by atoms with van der Waals surface area (Å²) in [6, 6.07) is 9.60. The third-order valence-corrected chi connectivity index (χ3v) is 4.96. The first kappa shape index (κ1) is 13.0. The summed E-state index contributed by atoms with van der Waals surface area (Å²) in [7, 11) is 0. The van der Waals surface area contributed by atoms with Crippen LogP contribution in [-0.2, 0) is 13.0 Å². The predicted octanol–water partition coefficient (Wildman–Crippen LogP) is 3.17. The van der Waals surface area contributed by atoms with Gasteiger partial charge in [0.2, 0.25) is 0 Å². The first-order valence-electron chi connectivity index (χ1n) is 8.11. The topological polar surface area (TPSA) is 42.7 Å². The van der Waals surface area contributed by atoms with Gasteiger partial charge >= 0.3 is 0 Å². The SMILES string of the molecule is c1ccc2c(c1)CNC(c1nncn1C1CCCCC1)C2. The van der Waals surface area contributed by atoms with Crippen LogP contribution in [0.3, 0.4) is 0 Å². The summed E-state index contributed by atoms with van der Waals surface area (Å²) in [6.45, 7) is 0.929. The molecule has 2 aromatic rings. The molecule has 4 rings (SSSR count). The summed E-state index contributed by atoms with van der Waals surface area (Å²) in [4.78, 5) is 0. The van der Waals surface area contributed by atoms with Crippen molar-refractivity contribution in [2.45, 2.75) is 57.2 Å². The van der Waals surface area contributed by atoms with Gasteiger partial charge in [-0.25, -0.2) is 0 Å². The van der Waals surface area contributed by atoms with Gasteiger partial charge in [0.05, 0.1) is 6.04 Å². The largest absolute Gasteiger partial charge is 0.313 e. The van der Waals surface area contributed by atoms with E-state index >= 15 is 0 Å². The van der Waals surface area contributed by atoms with E-state index in [2.05, 4.69) is 44.3 Å². The van der Waals surface area contributed by atoms with E-state index in [0.717, 1.165) is 18.8 Å². The molecule has 0 amide bonds. The van der Waals surface area contributed by atoms with E-state index in [9.17, 15) is 0 Å². The van der Waals surface area contributed by atoms with Crippen LogP contribution >= 0.6 is 0 Å². The number of hydrogen-bond acceptors (Lipinski definition) is 3. The maximum Gasteiger partial charge on any atom is 0.150 e. The second-order valence-corrected chi connectivity index (χ2v) is 6.29. The quantitative estimate of drug-likeness (QED) is 0.920. The number of hydrogen-bond donors (Lipinski definition) is 1. The Labute approximate surface area is 125 Å². The van der Waals surface area contributed by atoms with Gasteiger partial charge in [0.25, 0.3) is 0 Å². The molecule has 1 aliphatic heterocycles. The van der Waals surface area contributed by atoms with Crippen molar-refractivity contribution < 1.29 is 0 Å². The van der Waals surface area contributed by atoms with E-state index in [1.54, 1.807) is 0 Å². The third-order valence-electron chi connectivity index (χ3n) is 4.96. The van der Waals surface area contributed by atoms with Gasteiger partial charge in [-0.2, -0.15) is 0 Å². The predicted molar refractivity (Wildman–Crippen MR) is 81.9 cm³/mol. The molecule has 2 aliphatic rings. The van der Waals surface area contributed by atoms with Crippen molar-refractivity contribution in [3.8, 4) is 0 Å². The van der Waals surface area contributed by atoms with Gasteiger partial charge < -0.3 is 9.88 Å². The first-order valence-corrected chi connectivity index (χ1v) is 8.11. The molecular formula is C17H22N4. The van der Waals surface area contributed by atoms with Crippen LogP contribution in [0.5, 0.6) is 0 Å². The van der Waals surface area contributed by atoms with Crippen molar-refractivity contribution in [1.29, 1.82) is 0 Å². The molecule has 1 aromatic heterocycles. The van der Waals surface area contributed by atoms with Gasteiger partial charge in [0.1, 0.15) is 6.33 Å². The smallest absolute Gasteiger partial charge is 0.150 e. The lowest BCUT2D eigenvalue weighted by molar-refractivity contribution is 0.330. The maximum absolute atomic E-state index is 4.44. The molecule has 1 saturated carbocycles. The maximum atomic E-state index is 4.44. The van der Waals surface area contributed by atoms with E-state index in [-0.39, 0.29) is 0 Å². The van der Waals surface area contributed by atoms with Crippen LogP contribution in [0.25, 0.3) is 0 Å². The molecule has 0 saturated heterocycles. The lowest BCUT2D eigenvalue weighted by Crippen LogP contribution is -2.31. The molecular weight excluding hydrogens is 260 g/mol. The minimum atomic E-state index is 0.296. The lowest BCUT2D eigenvalue weighted by Gasteiger charge is -2.29. The Morgan fingerprint density at radius 2 is 1.86 bits per heavy atom. The van der Waals surface area contributed by atoms with Gasteiger partial charge in [-0.15, -0.1) is 10.2 Å². The number of nitrogens with one attached hydrogen (secondary N) is 1. The summed E-state index contributed by atoms with van der Waals surface area (Å²) in [6.07, 6.45) is 9.55. The Bertz CT molecular complexity index is 613. The molecule has 1 unspecified atom stereocenters. The van der Waals surface area contributed by atoms with E-state index in [0.29, 0.717) is 12.1 Å². The Balaban J connectivity index is 1.59. The highest BCUT2D eigenvalue weighted by Crippen LogP contribution is 2.32. The van der Waals surface area contributed by atoms with Crippen LogP contribution in [-0.4, -0.2) is 14.8 Å².